The SMILES string of the molecule is O=C(Nc1ccc(Br)cc1Cl)C1CCS(=O)(=O)C1. The van der Waals surface area contributed by atoms with Crippen LogP contribution in [0.15, 0.2) is 22.7 Å². The fraction of sp³-hybridized carbons (Fsp3) is 0.364. The molecule has 0 radical (unpaired) electrons. The second kappa shape index (κ2) is 5.19. The second-order valence-electron chi connectivity index (χ2n) is 4.21. The van der Waals surface area contributed by atoms with E-state index < -0.39 is 15.8 Å². The minimum atomic E-state index is -3.05. The van der Waals surface area contributed by atoms with Crippen molar-refractivity contribution in [3.05, 3.63) is 27.7 Å². The lowest BCUT2D eigenvalue weighted by molar-refractivity contribution is -0.119. The minimum Gasteiger partial charge on any atom is -0.324 e. The van der Waals surface area contributed by atoms with Gasteiger partial charge in [-0.05, 0) is 24.6 Å². The van der Waals surface area contributed by atoms with Crippen LogP contribution in [0.1, 0.15) is 6.42 Å². The maximum Gasteiger partial charge on any atom is 0.228 e. The van der Waals surface area contributed by atoms with Crippen molar-refractivity contribution in [2.45, 2.75) is 6.42 Å². The van der Waals surface area contributed by atoms with E-state index >= 15 is 0 Å². The Morgan fingerprint density at radius 1 is 1.44 bits per heavy atom. The van der Waals surface area contributed by atoms with Crippen LogP contribution in [0.2, 0.25) is 5.02 Å². The molecule has 0 aromatic heterocycles. The molecule has 1 aliphatic rings. The summed E-state index contributed by atoms with van der Waals surface area (Å²) in [6, 6.07) is 5.10. The molecule has 0 spiro atoms. The summed E-state index contributed by atoms with van der Waals surface area (Å²) < 4.78 is 23.4. The number of hydrogen-bond acceptors (Lipinski definition) is 3. The van der Waals surface area contributed by atoms with Crippen LogP contribution in [0.5, 0.6) is 0 Å². The number of anilines is 1. The van der Waals surface area contributed by atoms with Crippen molar-refractivity contribution in [2.75, 3.05) is 16.8 Å². The zero-order chi connectivity index (χ0) is 13.3. The maximum atomic E-state index is 11.9. The molecule has 0 aliphatic carbocycles. The van der Waals surface area contributed by atoms with E-state index in [1.54, 1.807) is 18.2 Å². The highest BCUT2D eigenvalue weighted by molar-refractivity contribution is 9.10. The summed E-state index contributed by atoms with van der Waals surface area (Å²) in [5, 5.41) is 3.08. The number of carbonyl (C=O) groups excluding carboxylic acids is 1. The molecule has 4 nitrogen and oxygen atoms in total. The molecular formula is C11H11BrClNO3S. The number of amides is 1. The predicted octanol–water partition coefficient (Wildman–Crippen LogP) is 2.48. The molecule has 1 fully saturated rings. The van der Waals surface area contributed by atoms with Gasteiger partial charge in [-0.2, -0.15) is 0 Å². The van der Waals surface area contributed by atoms with E-state index in [-0.39, 0.29) is 17.4 Å². The number of carbonyl (C=O) groups is 1. The third kappa shape index (κ3) is 3.24. The van der Waals surface area contributed by atoms with Crippen LogP contribution in [-0.4, -0.2) is 25.8 Å². The number of halogens is 2. The molecule has 1 N–H and O–H groups in total. The van der Waals surface area contributed by atoms with Crippen molar-refractivity contribution in [1.82, 2.24) is 0 Å². The third-order valence-corrected chi connectivity index (χ3v) is 5.37. The van der Waals surface area contributed by atoms with Crippen LogP contribution in [0, 0.1) is 5.92 Å². The highest BCUT2D eigenvalue weighted by Crippen LogP contribution is 2.27. The number of benzene rings is 1. The van der Waals surface area contributed by atoms with Crippen LogP contribution in [0.3, 0.4) is 0 Å². The van der Waals surface area contributed by atoms with Crippen molar-refractivity contribution in [1.29, 1.82) is 0 Å². The predicted molar refractivity (Wildman–Crippen MR) is 74.5 cm³/mol. The molecule has 1 aliphatic heterocycles. The second-order valence-corrected chi connectivity index (χ2v) is 7.76. The number of hydrogen-bond donors (Lipinski definition) is 1. The van der Waals surface area contributed by atoms with Gasteiger partial charge in [0.05, 0.1) is 28.1 Å². The van der Waals surface area contributed by atoms with Crippen molar-refractivity contribution < 1.29 is 13.2 Å². The highest BCUT2D eigenvalue weighted by Gasteiger charge is 2.33. The van der Waals surface area contributed by atoms with Gasteiger partial charge in [-0.15, -0.1) is 0 Å². The van der Waals surface area contributed by atoms with E-state index in [4.69, 9.17) is 11.6 Å². The van der Waals surface area contributed by atoms with Crippen LogP contribution in [-0.2, 0) is 14.6 Å². The Hall–Kier alpha value is -0.590. The monoisotopic (exact) mass is 351 g/mol. The number of nitrogens with one attached hydrogen (secondary N) is 1. The molecule has 2 rings (SSSR count). The Morgan fingerprint density at radius 3 is 2.72 bits per heavy atom. The molecule has 1 aromatic rings. The van der Waals surface area contributed by atoms with E-state index in [2.05, 4.69) is 21.2 Å². The molecule has 1 atom stereocenters. The smallest absolute Gasteiger partial charge is 0.228 e. The molecular weight excluding hydrogens is 342 g/mol. The van der Waals surface area contributed by atoms with Gasteiger partial charge in [-0.1, -0.05) is 27.5 Å². The molecule has 1 aromatic carbocycles. The lowest BCUT2D eigenvalue weighted by Crippen LogP contribution is -2.23. The Kier molecular flexibility index (Phi) is 3.99. The summed E-state index contributed by atoms with van der Waals surface area (Å²) in [6.45, 7) is 0. The minimum absolute atomic E-state index is 0.0764. The fourth-order valence-electron chi connectivity index (χ4n) is 1.83. The Morgan fingerprint density at radius 2 is 2.17 bits per heavy atom. The van der Waals surface area contributed by atoms with Crippen molar-refractivity contribution >= 4 is 49.0 Å². The molecule has 7 heteroatoms. The zero-order valence-corrected chi connectivity index (χ0v) is 12.5. The Balaban J connectivity index is 2.08. The first-order chi connectivity index (χ1) is 8.37. The third-order valence-electron chi connectivity index (χ3n) is 2.79. The van der Waals surface area contributed by atoms with Gasteiger partial charge >= 0.3 is 0 Å². The van der Waals surface area contributed by atoms with Crippen LogP contribution >= 0.6 is 27.5 Å². The summed E-state index contributed by atoms with van der Waals surface area (Å²) in [5.74, 6) is -0.762. The topological polar surface area (TPSA) is 63.2 Å². The lowest BCUT2D eigenvalue weighted by Gasteiger charge is -2.10. The van der Waals surface area contributed by atoms with Gasteiger partial charge < -0.3 is 5.32 Å². The molecule has 1 heterocycles. The number of sulfone groups is 1. The van der Waals surface area contributed by atoms with E-state index in [9.17, 15) is 13.2 Å². The molecule has 1 amide bonds. The van der Waals surface area contributed by atoms with Gasteiger partial charge in [-0.3, -0.25) is 4.79 Å². The van der Waals surface area contributed by atoms with E-state index in [1.165, 1.54) is 0 Å². The first kappa shape index (κ1) is 13.8. The van der Waals surface area contributed by atoms with Crippen molar-refractivity contribution in [2.24, 2.45) is 5.92 Å². The molecule has 0 bridgehead atoms. The average molecular weight is 353 g/mol. The van der Waals surface area contributed by atoms with Gasteiger partial charge in [-0.25, -0.2) is 8.42 Å². The Bertz CT molecular complexity index is 588. The van der Waals surface area contributed by atoms with Crippen molar-refractivity contribution in [3.63, 3.8) is 0 Å². The fourth-order valence-corrected chi connectivity index (χ4v) is 4.29. The van der Waals surface area contributed by atoms with Gasteiger partial charge in [0.25, 0.3) is 0 Å². The lowest BCUT2D eigenvalue weighted by atomic mass is 10.1. The summed E-state index contributed by atoms with van der Waals surface area (Å²) in [7, 11) is -3.05. The average Bonchev–Trinajstić information content (AvgIpc) is 2.63. The largest absolute Gasteiger partial charge is 0.324 e. The first-order valence-electron chi connectivity index (χ1n) is 5.34. The first-order valence-corrected chi connectivity index (χ1v) is 8.33. The van der Waals surface area contributed by atoms with Crippen molar-refractivity contribution in [3.8, 4) is 0 Å². The van der Waals surface area contributed by atoms with Gasteiger partial charge in [0.15, 0.2) is 9.84 Å². The molecule has 18 heavy (non-hydrogen) atoms. The van der Waals surface area contributed by atoms with E-state index in [1.807, 2.05) is 0 Å². The van der Waals surface area contributed by atoms with Crippen LogP contribution < -0.4 is 5.32 Å². The number of rotatable bonds is 2. The Labute approximate surface area is 119 Å². The van der Waals surface area contributed by atoms with E-state index in [0.29, 0.717) is 17.1 Å². The maximum absolute atomic E-state index is 11.9. The molecule has 1 unspecified atom stereocenters. The summed E-state index contributed by atoms with van der Waals surface area (Å²) in [5.41, 5.74) is 0.495. The standard InChI is InChI=1S/C11H11BrClNO3S/c12-8-1-2-10(9(13)5-8)14-11(15)7-3-4-18(16,17)6-7/h1-2,5,7H,3-4,6H2,(H,14,15). The van der Waals surface area contributed by atoms with Gasteiger partial charge in [0.2, 0.25) is 5.91 Å². The van der Waals surface area contributed by atoms with Crippen LogP contribution in [0.25, 0.3) is 0 Å². The summed E-state index contributed by atoms with van der Waals surface area (Å²) >= 11 is 9.24. The van der Waals surface area contributed by atoms with Gasteiger partial charge in [0.1, 0.15) is 0 Å². The molecule has 0 saturated carbocycles. The molecule has 1 saturated heterocycles. The zero-order valence-electron chi connectivity index (χ0n) is 9.32. The highest BCUT2D eigenvalue weighted by atomic mass is 79.9. The quantitative estimate of drug-likeness (QED) is 0.889. The van der Waals surface area contributed by atoms with Crippen LogP contribution in [0.4, 0.5) is 5.69 Å². The summed E-state index contributed by atoms with van der Waals surface area (Å²) in [6.07, 6.45) is 0.377. The normalized spacial score (nSPS) is 21.8. The summed E-state index contributed by atoms with van der Waals surface area (Å²) in [4.78, 5) is 11.9. The van der Waals surface area contributed by atoms with Gasteiger partial charge in [0, 0.05) is 4.47 Å². The molecule has 98 valence electrons. The van der Waals surface area contributed by atoms with E-state index in [0.717, 1.165) is 4.47 Å².